The van der Waals surface area contributed by atoms with Gasteiger partial charge in [-0.05, 0) is 48.2 Å². The molecule has 2 aromatic rings. The number of halogens is 1. The number of hydrogen-bond donors (Lipinski definition) is 1. The van der Waals surface area contributed by atoms with Gasteiger partial charge < -0.3 is 5.32 Å². The average Bonchev–Trinajstić information content (AvgIpc) is 2.59. The third-order valence-electron chi connectivity index (χ3n) is 3.68. The number of benzene rings is 2. The standard InChI is InChI=1S/C19H20FNO2/c1-2-14-3-5-15(6-4-14)7-12-19(23)21-13-18(22)16-8-10-17(20)11-9-16/h3-6,8-11H,2,7,12-13H2,1H3,(H,21,23). The van der Waals surface area contributed by atoms with Gasteiger partial charge >= 0.3 is 0 Å². The second-order valence-electron chi connectivity index (χ2n) is 5.38. The zero-order chi connectivity index (χ0) is 16.7. The lowest BCUT2D eigenvalue weighted by Crippen LogP contribution is -2.29. The molecule has 23 heavy (non-hydrogen) atoms. The first-order chi connectivity index (χ1) is 11.1. The Morgan fingerprint density at radius 1 is 0.957 bits per heavy atom. The van der Waals surface area contributed by atoms with Crippen molar-refractivity contribution >= 4 is 11.7 Å². The third-order valence-corrected chi connectivity index (χ3v) is 3.68. The maximum absolute atomic E-state index is 12.8. The van der Waals surface area contributed by atoms with Gasteiger partial charge in [-0.3, -0.25) is 9.59 Å². The fourth-order valence-electron chi connectivity index (χ4n) is 2.20. The van der Waals surface area contributed by atoms with Crippen LogP contribution in [0.5, 0.6) is 0 Å². The summed E-state index contributed by atoms with van der Waals surface area (Å²) in [6.07, 6.45) is 1.97. The van der Waals surface area contributed by atoms with Crippen molar-refractivity contribution in [3.63, 3.8) is 0 Å². The van der Waals surface area contributed by atoms with Gasteiger partial charge in [0.25, 0.3) is 0 Å². The summed E-state index contributed by atoms with van der Waals surface area (Å²) < 4.78 is 12.8. The van der Waals surface area contributed by atoms with Crippen LogP contribution in [0.4, 0.5) is 4.39 Å². The molecule has 2 aromatic carbocycles. The van der Waals surface area contributed by atoms with E-state index >= 15 is 0 Å². The number of hydrogen-bond acceptors (Lipinski definition) is 2. The van der Waals surface area contributed by atoms with E-state index in [0.29, 0.717) is 18.4 Å². The maximum Gasteiger partial charge on any atom is 0.220 e. The molecular weight excluding hydrogens is 293 g/mol. The van der Waals surface area contributed by atoms with Crippen molar-refractivity contribution in [1.29, 1.82) is 0 Å². The number of Topliss-reactive ketones (excluding diaryl/α,β-unsaturated/α-hetero) is 1. The van der Waals surface area contributed by atoms with Crippen LogP contribution in [0.15, 0.2) is 48.5 Å². The molecule has 0 aliphatic rings. The van der Waals surface area contributed by atoms with Crippen LogP contribution in [-0.4, -0.2) is 18.2 Å². The first-order valence-electron chi connectivity index (χ1n) is 7.71. The predicted octanol–water partition coefficient (Wildman–Crippen LogP) is 3.32. The Kier molecular flexibility index (Phi) is 6.03. The van der Waals surface area contributed by atoms with Crippen LogP contribution in [0.25, 0.3) is 0 Å². The summed E-state index contributed by atoms with van der Waals surface area (Å²) in [4.78, 5) is 23.7. The molecule has 0 aromatic heterocycles. The summed E-state index contributed by atoms with van der Waals surface area (Å²) in [5.74, 6) is -0.787. The van der Waals surface area contributed by atoms with E-state index in [0.717, 1.165) is 12.0 Å². The number of nitrogens with one attached hydrogen (secondary N) is 1. The fraction of sp³-hybridized carbons (Fsp3) is 0.263. The highest BCUT2D eigenvalue weighted by Crippen LogP contribution is 2.07. The van der Waals surface area contributed by atoms with Crippen LogP contribution >= 0.6 is 0 Å². The molecule has 0 unspecified atom stereocenters. The first kappa shape index (κ1) is 16.9. The zero-order valence-corrected chi connectivity index (χ0v) is 13.1. The van der Waals surface area contributed by atoms with Gasteiger partial charge in [-0.25, -0.2) is 4.39 Å². The van der Waals surface area contributed by atoms with Crippen molar-refractivity contribution in [2.75, 3.05) is 6.54 Å². The molecule has 4 heteroatoms. The van der Waals surface area contributed by atoms with Crippen LogP contribution < -0.4 is 5.32 Å². The van der Waals surface area contributed by atoms with Gasteiger partial charge in [-0.15, -0.1) is 0 Å². The lowest BCUT2D eigenvalue weighted by atomic mass is 10.1. The molecule has 0 aliphatic carbocycles. The predicted molar refractivity (Wildman–Crippen MR) is 87.9 cm³/mol. The summed E-state index contributed by atoms with van der Waals surface area (Å²) in [6.45, 7) is 2.03. The summed E-state index contributed by atoms with van der Waals surface area (Å²) >= 11 is 0. The fourth-order valence-corrected chi connectivity index (χ4v) is 2.20. The molecule has 0 atom stereocenters. The van der Waals surface area contributed by atoms with Crippen molar-refractivity contribution in [2.45, 2.75) is 26.2 Å². The van der Waals surface area contributed by atoms with Crippen LogP contribution in [0.1, 0.15) is 34.8 Å². The minimum absolute atomic E-state index is 0.0702. The van der Waals surface area contributed by atoms with E-state index in [1.165, 1.54) is 29.8 Å². The van der Waals surface area contributed by atoms with Crippen LogP contribution in [0.2, 0.25) is 0 Å². The Hall–Kier alpha value is -2.49. The molecule has 120 valence electrons. The molecular formula is C19H20FNO2. The van der Waals surface area contributed by atoms with E-state index in [1.807, 2.05) is 12.1 Å². The van der Waals surface area contributed by atoms with E-state index in [4.69, 9.17) is 0 Å². The molecule has 0 saturated heterocycles. The lowest BCUT2D eigenvalue weighted by Gasteiger charge is -2.06. The van der Waals surface area contributed by atoms with Crippen LogP contribution in [-0.2, 0) is 17.6 Å². The van der Waals surface area contributed by atoms with E-state index in [1.54, 1.807) is 0 Å². The van der Waals surface area contributed by atoms with Gasteiger partial charge in [0.2, 0.25) is 5.91 Å². The number of carbonyl (C=O) groups is 2. The van der Waals surface area contributed by atoms with Gasteiger partial charge in [0, 0.05) is 12.0 Å². The number of ketones is 1. The van der Waals surface area contributed by atoms with E-state index in [9.17, 15) is 14.0 Å². The summed E-state index contributed by atoms with van der Waals surface area (Å²) in [6, 6.07) is 13.5. The van der Waals surface area contributed by atoms with Crippen molar-refractivity contribution in [2.24, 2.45) is 0 Å². The Labute approximate surface area is 135 Å². The average molecular weight is 313 g/mol. The molecule has 3 nitrogen and oxygen atoms in total. The minimum Gasteiger partial charge on any atom is -0.349 e. The lowest BCUT2D eigenvalue weighted by molar-refractivity contribution is -0.120. The van der Waals surface area contributed by atoms with Crippen molar-refractivity contribution in [1.82, 2.24) is 5.32 Å². The van der Waals surface area contributed by atoms with Gasteiger partial charge in [0.15, 0.2) is 5.78 Å². The SMILES string of the molecule is CCc1ccc(CCC(=O)NCC(=O)c2ccc(F)cc2)cc1. The van der Waals surface area contributed by atoms with Crippen molar-refractivity contribution in [3.8, 4) is 0 Å². The molecule has 1 amide bonds. The highest BCUT2D eigenvalue weighted by Gasteiger charge is 2.08. The van der Waals surface area contributed by atoms with E-state index in [2.05, 4.69) is 24.4 Å². The highest BCUT2D eigenvalue weighted by molar-refractivity contribution is 5.99. The van der Waals surface area contributed by atoms with E-state index < -0.39 is 0 Å². The Morgan fingerprint density at radius 3 is 2.17 bits per heavy atom. The maximum atomic E-state index is 12.8. The summed E-state index contributed by atoms with van der Waals surface area (Å²) in [5, 5.41) is 2.61. The Bertz CT molecular complexity index is 663. The molecule has 0 heterocycles. The normalized spacial score (nSPS) is 10.3. The molecule has 0 radical (unpaired) electrons. The number of carbonyl (C=O) groups excluding carboxylic acids is 2. The smallest absolute Gasteiger partial charge is 0.220 e. The molecule has 0 bridgehead atoms. The largest absolute Gasteiger partial charge is 0.349 e. The monoisotopic (exact) mass is 313 g/mol. The van der Waals surface area contributed by atoms with Gasteiger partial charge in [0.05, 0.1) is 6.54 Å². The molecule has 0 spiro atoms. The van der Waals surface area contributed by atoms with Gasteiger partial charge in [0.1, 0.15) is 5.82 Å². The van der Waals surface area contributed by atoms with E-state index in [-0.39, 0.29) is 24.1 Å². The molecule has 0 fully saturated rings. The minimum atomic E-state index is -0.389. The van der Waals surface area contributed by atoms with Crippen LogP contribution in [0, 0.1) is 5.82 Å². The first-order valence-corrected chi connectivity index (χ1v) is 7.71. The topological polar surface area (TPSA) is 46.2 Å². The molecule has 0 aliphatic heterocycles. The number of aryl methyl sites for hydroxylation is 2. The Balaban J connectivity index is 1.76. The molecule has 0 saturated carbocycles. The van der Waals surface area contributed by atoms with Gasteiger partial charge in [-0.2, -0.15) is 0 Å². The molecule has 1 N–H and O–H groups in total. The zero-order valence-electron chi connectivity index (χ0n) is 13.1. The number of amides is 1. The highest BCUT2D eigenvalue weighted by atomic mass is 19.1. The second-order valence-corrected chi connectivity index (χ2v) is 5.38. The van der Waals surface area contributed by atoms with Crippen molar-refractivity contribution < 1.29 is 14.0 Å². The summed E-state index contributed by atoms with van der Waals surface area (Å²) in [5.41, 5.74) is 2.76. The quantitative estimate of drug-likeness (QED) is 0.797. The van der Waals surface area contributed by atoms with Crippen LogP contribution in [0.3, 0.4) is 0 Å². The van der Waals surface area contributed by atoms with Gasteiger partial charge in [-0.1, -0.05) is 31.2 Å². The second kappa shape index (κ2) is 8.22. The van der Waals surface area contributed by atoms with Crippen molar-refractivity contribution in [3.05, 3.63) is 71.0 Å². The Morgan fingerprint density at radius 2 is 1.57 bits per heavy atom. The third kappa shape index (κ3) is 5.33. The molecule has 2 rings (SSSR count). The summed E-state index contributed by atoms with van der Waals surface area (Å²) in [7, 11) is 0. The number of rotatable bonds is 7.